The molecule has 0 aliphatic carbocycles. The number of hydrogen-bond acceptors (Lipinski definition) is 4. The molecule has 0 saturated carbocycles. The SMILES string of the molecule is COCCCNC(=O)c1cnn(C(C)C)c1N. The fourth-order valence-electron chi connectivity index (χ4n) is 1.47. The van der Waals surface area contributed by atoms with Crippen LogP contribution in [0.3, 0.4) is 0 Å². The molecule has 1 heterocycles. The quantitative estimate of drug-likeness (QED) is 0.721. The van der Waals surface area contributed by atoms with E-state index in [4.69, 9.17) is 10.5 Å². The Balaban J connectivity index is 2.57. The first-order chi connectivity index (χ1) is 8.07. The van der Waals surface area contributed by atoms with Gasteiger partial charge in [-0.3, -0.25) is 4.79 Å². The van der Waals surface area contributed by atoms with Gasteiger partial charge in [0.15, 0.2) is 0 Å². The normalized spacial score (nSPS) is 10.8. The highest BCUT2D eigenvalue weighted by Crippen LogP contribution is 2.15. The van der Waals surface area contributed by atoms with Crippen LogP contribution in [0.25, 0.3) is 0 Å². The highest BCUT2D eigenvalue weighted by molar-refractivity contribution is 5.98. The third kappa shape index (κ3) is 3.45. The van der Waals surface area contributed by atoms with Crippen LogP contribution >= 0.6 is 0 Å². The minimum absolute atomic E-state index is 0.144. The highest BCUT2D eigenvalue weighted by Gasteiger charge is 2.15. The Hall–Kier alpha value is -1.56. The number of hydrogen-bond donors (Lipinski definition) is 2. The number of amides is 1. The molecule has 0 aromatic carbocycles. The summed E-state index contributed by atoms with van der Waals surface area (Å²) in [5.41, 5.74) is 6.28. The number of rotatable bonds is 6. The fraction of sp³-hybridized carbons (Fsp3) is 0.636. The molecule has 0 fully saturated rings. The molecule has 0 bridgehead atoms. The van der Waals surface area contributed by atoms with E-state index in [0.717, 1.165) is 6.42 Å². The van der Waals surface area contributed by atoms with Gasteiger partial charge < -0.3 is 15.8 Å². The van der Waals surface area contributed by atoms with E-state index < -0.39 is 0 Å². The van der Waals surface area contributed by atoms with Crippen molar-refractivity contribution in [2.75, 3.05) is 26.0 Å². The van der Waals surface area contributed by atoms with Crippen molar-refractivity contribution >= 4 is 11.7 Å². The number of nitrogen functional groups attached to an aromatic ring is 1. The first kappa shape index (κ1) is 13.5. The Kier molecular flexibility index (Phi) is 4.96. The highest BCUT2D eigenvalue weighted by atomic mass is 16.5. The van der Waals surface area contributed by atoms with Crippen LogP contribution < -0.4 is 11.1 Å². The van der Waals surface area contributed by atoms with Crippen molar-refractivity contribution < 1.29 is 9.53 Å². The summed E-state index contributed by atoms with van der Waals surface area (Å²) in [6, 6.07) is 0.144. The predicted molar refractivity (Wildman–Crippen MR) is 65.9 cm³/mol. The first-order valence-corrected chi connectivity index (χ1v) is 5.68. The number of ether oxygens (including phenoxy) is 1. The average molecular weight is 240 g/mol. The summed E-state index contributed by atoms with van der Waals surface area (Å²) in [5.74, 6) is 0.217. The van der Waals surface area contributed by atoms with Crippen molar-refractivity contribution in [3.05, 3.63) is 11.8 Å². The van der Waals surface area contributed by atoms with Crippen LogP contribution in [0.5, 0.6) is 0 Å². The van der Waals surface area contributed by atoms with E-state index in [1.165, 1.54) is 6.20 Å². The molecule has 1 rings (SSSR count). The molecule has 6 nitrogen and oxygen atoms in total. The molecule has 96 valence electrons. The van der Waals surface area contributed by atoms with Crippen LogP contribution in [0.2, 0.25) is 0 Å². The average Bonchev–Trinajstić information content (AvgIpc) is 2.66. The number of methoxy groups -OCH3 is 1. The number of carbonyl (C=O) groups is 1. The van der Waals surface area contributed by atoms with Gasteiger partial charge >= 0.3 is 0 Å². The maximum Gasteiger partial charge on any atom is 0.256 e. The van der Waals surface area contributed by atoms with E-state index in [-0.39, 0.29) is 11.9 Å². The standard InChI is InChI=1S/C11H20N4O2/c1-8(2)15-10(12)9(7-14-15)11(16)13-5-4-6-17-3/h7-8H,4-6,12H2,1-3H3,(H,13,16). The second-order valence-electron chi connectivity index (χ2n) is 4.08. The van der Waals surface area contributed by atoms with Gasteiger partial charge in [0.25, 0.3) is 5.91 Å². The number of nitrogens with one attached hydrogen (secondary N) is 1. The lowest BCUT2D eigenvalue weighted by Gasteiger charge is -2.08. The van der Waals surface area contributed by atoms with Crippen LogP contribution in [0.1, 0.15) is 36.7 Å². The van der Waals surface area contributed by atoms with Crippen molar-refractivity contribution in [2.45, 2.75) is 26.3 Å². The summed E-state index contributed by atoms with van der Waals surface area (Å²) in [5, 5.41) is 6.86. The molecule has 0 saturated heterocycles. The van der Waals surface area contributed by atoms with Crippen molar-refractivity contribution in [3.63, 3.8) is 0 Å². The zero-order valence-corrected chi connectivity index (χ0v) is 10.6. The zero-order valence-electron chi connectivity index (χ0n) is 10.6. The van der Waals surface area contributed by atoms with E-state index in [1.54, 1.807) is 11.8 Å². The molecule has 0 aliphatic rings. The fourth-order valence-corrected chi connectivity index (χ4v) is 1.47. The molecule has 6 heteroatoms. The maximum atomic E-state index is 11.8. The Labute approximate surface area is 101 Å². The predicted octanol–water partition coefficient (Wildman–Crippen LogP) is 0.812. The molecule has 1 aromatic heterocycles. The summed E-state index contributed by atoms with van der Waals surface area (Å²) in [6.45, 7) is 5.12. The lowest BCUT2D eigenvalue weighted by Crippen LogP contribution is -2.25. The summed E-state index contributed by atoms with van der Waals surface area (Å²) in [7, 11) is 1.63. The second kappa shape index (κ2) is 6.24. The van der Waals surface area contributed by atoms with E-state index >= 15 is 0 Å². The van der Waals surface area contributed by atoms with E-state index in [9.17, 15) is 4.79 Å². The van der Waals surface area contributed by atoms with Gasteiger partial charge in [-0.1, -0.05) is 0 Å². The molecule has 1 amide bonds. The molecular formula is C11H20N4O2. The Morgan fingerprint density at radius 1 is 1.65 bits per heavy atom. The van der Waals surface area contributed by atoms with Gasteiger partial charge in [0, 0.05) is 26.3 Å². The van der Waals surface area contributed by atoms with E-state index in [1.807, 2.05) is 13.8 Å². The smallest absolute Gasteiger partial charge is 0.256 e. The van der Waals surface area contributed by atoms with Crippen molar-refractivity contribution in [2.24, 2.45) is 0 Å². The summed E-state index contributed by atoms with van der Waals surface area (Å²) >= 11 is 0. The van der Waals surface area contributed by atoms with Gasteiger partial charge in [-0.05, 0) is 20.3 Å². The Morgan fingerprint density at radius 3 is 2.88 bits per heavy atom. The lowest BCUT2D eigenvalue weighted by molar-refractivity contribution is 0.0949. The third-order valence-corrected chi connectivity index (χ3v) is 2.38. The molecule has 1 aromatic rings. The van der Waals surface area contributed by atoms with Crippen LogP contribution in [-0.4, -0.2) is 35.9 Å². The van der Waals surface area contributed by atoms with Crippen LogP contribution in [0.4, 0.5) is 5.82 Å². The van der Waals surface area contributed by atoms with Crippen molar-refractivity contribution in [1.82, 2.24) is 15.1 Å². The number of aromatic nitrogens is 2. The Bertz CT molecular complexity index is 374. The van der Waals surface area contributed by atoms with E-state index in [2.05, 4.69) is 10.4 Å². The largest absolute Gasteiger partial charge is 0.385 e. The molecular weight excluding hydrogens is 220 g/mol. The second-order valence-corrected chi connectivity index (χ2v) is 4.08. The van der Waals surface area contributed by atoms with Gasteiger partial charge in [-0.15, -0.1) is 0 Å². The zero-order chi connectivity index (χ0) is 12.8. The number of carbonyl (C=O) groups excluding carboxylic acids is 1. The Morgan fingerprint density at radius 2 is 2.35 bits per heavy atom. The first-order valence-electron chi connectivity index (χ1n) is 5.68. The number of anilines is 1. The lowest BCUT2D eigenvalue weighted by atomic mass is 10.3. The number of nitrogens with zero attached hydrogens (tertiary/aromatic N) is 2. The molecule has 0 radical (unpaired) electrons. The molecule has 17 heavy (non-hydrogen) atoms. The van der Waals surface area contributed by atoms with Gasteiger partial charge in [0.2, 0.25) is 0 Å². The van der Waals surface area contributed by atoms with Crippen molar-refractivity contribution in [1.29, 1.82) is 0 Å². The minimum Gasteiger partial charge on any atom is -0.385 e. The van der Waals surface area contributed by atoms with Gasteiger partial charge in [0.05, 0.1) is 6.20 Å². The monoisotopic (exact) mass is 240 g/mol. The van der Waals surface area contributed by atoms with Gasteiger partial charge in [0.1, 0.15) is 11.4 Å². The summed E-state index contributed by atoms with van der Waals surface area (Å²) in [4.78, 5) is 11.8. The molecule has 3 N–H and O–H groups in total. The van der Waals surface area contributed by atoms with Crippen LogP contribution in [0, 0.1) is 0 Å². The molecule has 0 aliphatic heterocycles. The van der Waals surface area contributed by atoms with Crippen LogP contribution in [0.15, 0.2) is 6.20 Å². The van der Waals surface area contributed by atoms with Gasteiger partial charge in [-0.25, -0.2) is 4.68 Å². The van der Waals surface area contributed by atoms with E-state index in [0.29, 0.717) is 24.5 Å². The summed E-state index contributed by atoms with van der Waals surface area (Å²) < 4.78 is 6.53. The molecule has 0 unspecified atom stereocenters. The minimum atomic E-state index is -0.189. The number of nitrogens with two attached hydrogens (primary N) is 1. The van der Waals surface area contributed by atoms with Crippen LogP contribution in [-0.2, 0) is 4.74 Å². The van der Waals surface area contributed by atoms with Crippen molar-refractivity contribution in [3.8, 4) is 0 Å². The molecule has 0 atom stereocenters. The topological polar surface area (TPSA) is 82.2 Å². The van der Waals surface area contributed by atoms with Gasteiger partial charge in [-0.2, -0.15) is 5.10 Å². The molecule has 0 spiro atoms. The third-order valence-electron chi connectivity index (χ3n) is 2.38. The summed E-state index contributed by atoms with van der Waals surface area (Å²) in [6.07, 6.45) is 2.28. The maximum absolute atomic E-state index is 11.8.